The number of likely N-dealkylation sites (N-methyl/N-ethyl adjacent to an activating group) is 1. The van der Waals surface area contributed by atoms with E-state index in [2.05, 4.69) is 29.2 Å². The molecule has 1 heterocycles. The first kappa shape index (κ1) is 18.2. The molecular formula is C18H27ClN2O2. The van der Waals surface area contributed by atoms with Gasteiger partial charge >= 0.3 is 0 Å². The Morgan fingerprint density at radius 3 is 2.52 bits per heavy atom. The Bertz CT molecular complexity index is 499. The molecular weight excluding hydrogens is 312 g/mol. The van der Waals surface area contributed by atoms with Crippen LogP contribution in [-0.2, 0) is 11.2 Å². The normalized spacial score (nSPS) is 19.3. The topological polar surface area (TPSA) is 43.8 Å². The van der Waals surface area contributed by atoms with Gasteiger partial charge in [-0.15, -0.1) is 11.6 Å². The van der Waals surface area contributed by atoms with Crippen molar-refractivity contribution in [2.45, 2.75) is 37.2 Å². The monoisotopic (exact) mass is 338 g/mol. The van der Waals surface area contributed by atoms with Crippen molar-refractivity contribution in [1.29, 1.82) is 0 Å². The van der Waals surface area contributed by atoms with Crippen LogP contribution in [0.1, 0.15) is 25.3 Å². The zero-order valence-corrected chi connectivity index (χ0v) is 14.8. The third-order valence-corrected chi connectivity index (χ3v) is 4.78. The zero-order chi connectivity index (χ0) is 16.9. The lowest BCUT2D eigenvalue weighted by Gasteiger charge is -2.40. The number of likely N-dealkylation sites (tertiary alicyclic amines) is 1. The van der Waals surface area contributed by atoms with Crippen molar-refractivity contribution in [3.05, 3.63) is 35.9 Å². The van der Waals surface area contributed by atoms with Crippen molar-refractivity contribution < 1.29 is 9.90 Å². The quantitative estimate of drug-likeness (QED) is 0.808. The molecule has 1 aliphatic rings. The number of rotatable bonds is 6. The Morgan fingerprint density at radius 1 is 1.35 bits per heavy atom. The number of hydrogen-bond donors (Lipinski definition) is 1. The standard InChI is InChI=1S/C18H27ClN2O2/c1-15(19)17(22)20(2)14-18(23)9-12-21(13-10-18)11-8-16-6-4-3-5-7-16/h3-7,15,23H,8-14H2,1-2H3/t15-/m0/s1. The number of carbonyl (C=O) groups is 1. The van der Waals surface area contributed by atoms with Crippen LogP contribution in [-0.4, -0.2) is 65.0 Å². The molecule has 4 nitrogen and oxygen atoms in total. The molecule has 0 saturated carbocycles. The van der Waals surface area contributed by atoms with Gasteiger partial charge < -0.3 is 14.9 Å². The summed E-state index contributed by atoms with van der Waals surface area (Å²) >= 11 is 5.83. The molecule has 5 heteroatoms. The van der Waals surface area contributed by atoms with Gasteiger partial charge in [-0.25, -0.2) is 0 Å². The highest BCUT2D eigenvalue weighted by molar-refractivity contribution is 6.30. The number of alkyl halides is 1. The van der Waals surface area contributed by atoms with Crippen molar-refractivity contribution >= 4 is 17.5 Å². The molecule has 1 saturated heterocycles. The molecule has 0 spiro atoms. The maximum atomic E-state index is 11.9. The first-order valence-electron chi connectivity index (χ1n) is 8.27. The number of carbonyl (C=O) groups excluding carboxylic acids is 1. The summed E-state index contributed by atoms with van der Waals surface area (Å²) in [5.74, 6) is -0.133. The van der Waals surface area contributed by atoms with E-state index in [4.69, 9.17) is 11.6 Å². The summed E-state index contributed by atoms with van der Waals surface area (Å²) in [7, 11) is 1.71. The van der Waals surface area contributed by atoms with E-state index in [1.165, 1.54) is 5.56 Å². The minimum Gasteiger partial charge on any atom is -0.388 e. The van der Waals surface area contributed by atoms with Gasteiger partial charge in [0.15, 0.2) is 0 Å². The van der Waals surface area contributed by atoms with Crippen LogP contribution in [0, 0.1) is 0 Å². The summed E-state index contributed by atoms with van der Waals surface area (Å²) in [6, 6.07) is 10.5. The van der Waals surface area contributed by atoms with Gasteiger partial charge in [0.25, 0.3) is 0 Å². The zero-order valence-electron chi connectivity index (χ0n) is 14.0. The lowest BCUT2D eigenvalue weighted by molar-refractivity contribution is -0.134. The highest BCUT2D eigenvalue weighted by Crippen LogP contribution is 2.23. The molecule has 1 amide bonds. The lowest BCUT2D eigenvalue weighted by Crippen LogP contribution is -2.52. The number of nitrogens with zero attached hydrogens (tertiary/aromatic N) is 2. The lowest BCUT2D eigenvalue weighted by atomic mass is 9.90. The average molecular weight is 339 g/mol. The van der Waals surface area contributed by atoms with E-state index in [0.29, 0.717) is 19.4 Å². The molecule has 2 rings (SSSR count). The van der Waals surface area contributed by atoms with Gasteiger partial charge in [0, 0.05) is 33.2 Å². The largest absolute Gasteiger partial charge is 0.388 e. The summed E-state index contributed by atoms with van der Waals surface area (Å²) in [6.07, 6.45) is 2.41. The fraction of sp³-hybridized carbons (Fsp3) is 0.611. The summed E-state index contributed by atoms with van der Waals surface area (Å²) in [4.78, 5) is 15.8. The van der Waals surface area contributed by atoms with Crippen molar-refractivity contribution in [2.75, 3.05) is 33.2 Å². The Kier molecular flexibility index (Phi) is 6.45. The number of amides is 1. The highest BCUT2D eigenvalue weighted by atomic mass is 35.5. The van der Waals surface area contributed by atoms with Crippen molar-refractivity contribution in [3.63, 3.8) is 0 Å². The fourth-order valence-corrected chi connectivity index (χ4v) is 3.27. The molecule has 0 unspecified atom stereocenters. The molecule has 128 valence electrons. The summed E-state index contributed by atoms with van der Waals surface area (Å²) in [5.41, 5.74) is 0.550. The molecule has 1 aliphatic heterocycles. The van der Waals surface area contributed by atoms with Crippen LogP contribution in [0.4, 0.5) is 0 Å². The minimum atomic E-state index is -0.792. The first-order chi connectivity index (χ1) is 10.9. The van der Waals surface area contributed by atoms with Gasteiger partial charge in [0.1, 0.15) is 5.38 Å². The van der Waals surface area contributed by atoms with E-state index in [1.807, 2.05) is 6.07 Å². The molecule has 0 aromatic heterocycles. The maximum absolute atomic E-state index is 11.9. The maximum Gasteiger partial charge on any atom is 0.240 e. The van der Waals surface area contributed by atoms with E-state index in [9.17, 15) is 9.90 Å². The third-order valence-electron chi connectivity index (χ3n) is 4.59. The van der Waals surface area contributed by atoms with Crippen molar-refractivity contribution in [3.8, 4) is 0 Å². The van der Waals surface area contributed by atoms with Crippen LogP contribution in [0.2, 0.25) is 0 Å². The predicted octanol–water partition coefficient (Wildman–Crippen LogP) is 2.14. The van der Waals surface area contributed by atoms with Crippen LogP contribution >= 0.6 is 11.6 Å². The van der Waals surface area contributed by atoms with E-state index in [0.717, 1.165) is 26.1 Å². The molecule has 1 aromatic rings. The number of aliphatic hydroxyl groups is 1. The number of halogens is 1. The average Bonchev–Trinajstić information content (AvgIpc) is 2.54. The Balaban J connectivity index is 1.77. The van der Waals surface area contributed by atoms with Gasteiger partial charge in [0.2, 0.25) is 5.91 Å². The first-order valence-corrected chi connectivity index (χ1v) is 8.71. The molecule has 1 fully saturated rings. The number of piperidine rings is 1. The molecule has 1 aromatic carbocycles. The molecule has 23 heavy (non-hydrogen) atoms. The highest BCUT2D eigenvalue weighted by Gasteiger charge is 2.34. The smallest absolute Gasteiger partial charge is 0.240 e. The molecule has 1 atom stereocenters. The molecule has 0 bridgehead atoms. The Labute approximate surface area is 144 Å². The van der Waals surface area contributed by atoms with E-state index >= 15 is 0 Å². The number of benzene rings is 1. The van der Waals surface area contributed by atoms with E-state index in [1.54, 1.807) is 18.9 Å². The Morgan fingerprint density at radius 2 is 1.96 bits per heavy atom. The van der Waals surface area contributed by atoms with Gasteiger partial charge in [-0.2, -0.15) is 0 Å². The summed E-state index contributed by atoms with van der Waals surface area (Å²) in [6.45, 7) is 4.75. The van der Waals surface area contributed by atoms with Crippen LogP contribution in [0.5, 0.6) is 0 Å². The van der Waals surface area contributed by atoms with E-state index in [-0.39, 0.29) is 5.91 Å². The van der Waals surface area contributed by atoms with Crippen molar-refractivity contribution in [1.82, 2.24) is 9.80 Å². The second-order valence-corrected chi connectivity index (χ2v) is 7.27. The second-order valence-electron chi connectivity index (χ2n) is 6.61. The molecule has 0 aliphatic carbocycles. The van der Waals surface area contributed by atoms with Gasteiger partial charge in [0.05, 0.1) is 5.60 Å². The van der Waals surface area contributed by atoms with Crippen LogP contribution in [0.3, 0.4) is 0 Å². The predicted molar refractivity (Wildman–Crippen MR) is 93.7 cm³/mol. The van der Waals surface area contributed by atoms with Crippen LogP contribution in [0.15, 0.2) is 30.3 Å². The Hall–Kier alpha value is -1.10. The third kappa shape index (κ3) is 5.48. The number of hydrogen-bond acceptors (Lipinski definition) is 3. The molecule has 1 N–H and O–H groups in total. The van der Waals surface area contributed by atoms with Crippen LogP contribution in [0.25, 0.3) is 0 Å². The summed E-state index contributed by atoms with van der Waals surface area (Å²) in [5, 5.41) is 10.2. The van der Waals surface area contributed by atoms with Crippen molar-refractivity contribution in [2.24, 2.45) is 0 Å². The summed E-state index contributed by atoms with van der Waals surface area (Å²) < 4.78 is 0. The van der Waals surface area contributed by atoms with Crippen LogP contribution < -0.4 is 0 Å². The van der Waals surface area contributed by atoms with Gasteiger partial charge in [-0.05, 0) is 31.7 Å². The van der Waals surface area contributed by atoms with Gasteiger partial charge in [-0.3, -0.25) is 4.79 Å². The SMILES string of the molecule is C[C@H](Cl)C(=O)N(C)CC1(O)CCN(CCc2ccccc2)CC1. The molecule has 0 radical (unpaired) electrons. The minimum absolute atomic E-state index is 0.133. The fourth-order valence-electron chi connectivity index (χ4n) is 3.11. The second kappa shape index (κ2) is 8.13. The van der Waals surface area contributed by atoms with Gasteiger partial charge in [-0.1, -0.05) is 30.3 Å². The van der Waals surface area contributed by atoms with E-state index < -0.39 is 11.0 Å².